The lowest BCUT2D eigenvalue weighted by atomic mass is 10.2. The summed E-state index contributed by atoms with van der Waals surface area (Å²) in [6, 6.07) is -0.762. The van der Waals surface area contributed by atoms with Crippen molar-refractivity contribution in [2.45, 2.75) is 13.0 Å². The van der Waals surface area contributed by atoms with Crippen LogP contribution in [0.5, 0.6) is 0 Å². The first kappa shape index (κ1) is 9.67. The van der Waals surface area contributed by atoms with Crippen molar-refractivity contribution in [1.82, 2.24) is 10.2 Å². The molecule has 2 amide bonds. The average Bonchev–Trinajstić information content (AvgIpc) is 2.60. The van der Waals surface area contributed by atoms with Gasteiger partial charge in [0.25, 0.3) is 11.8 Å². The zero-order chi connectivity index (χ0) is 10.1. The molecule has 0 bridgehead atoms. The molecule has 1 fully saturated rings. The summed E-state index contributed by atoms with van der Waals surface area (Å²) >= 11 is 1.46. The Hall–Kier alpha value is -0.880. The number of amides is 2. The summed E-state index contributed by atoms with van der Waals surface area (Å²) < 4.78 is 0. The minimum absolute atomic E-state index is 0.160. The molecule has 0 aromatic heterocycles. The first-order valence-electron chi connectivity index (χ1n) is 4.54. The van der Waals surface area contributed by atoms with Gasteiger partial charge in [-0.3, -0.25) is 19.8 Å². The second-order valence-corrected chi connectivity index (χ2v) is 4.12. The molecule has 0 spiro atoms. The van der Waals surface area contributed by atoms with Crippen molar-refractivity contribution in [1.29, 1.82) is 0 Å². The fraction of sp³-hybridized carbons (Fsp3) is 0.625. The van der Waals surface area contributed by atoms with Crippen molar-refractivity contribution in [3.8, 4) is 0 Å². The van der Waals surface area contributed by atoms with Gasteiger partial charge in [-0.15, -0.1) is 0 Å². The molecule has 76 valence electrons. The van der Waals surface area contributed by atoms with E-state index >= 15 is 0 Å². The minimum Gasteiger partial charge on any atom is -0.298 e. The van der Waals surface area contributed by atoms with Gasteiger partial charge < -0.3 is 0 Å². The lowest BCUT2D eigenvalue weighted by Crippen LogP contribution is -2.54. The average molecular weight is 213 g/mol. The van der Waals surface area contributed by atoms with Crippen molar-refractivity contribution in [2.75, 3.05) is 18.8 Å². The second-order valence-electron chi connectivity index (χ2n) is 3.06. The standard InChI is InChI=1S/C8H11N3O2S/c1-2-9-5-6(12)10-8-11(7(5)13)3-4-14-8/h5,9H,2-4H2,1H3. The molecule has 0 radical (unpaired) electrons. The molecule has 6 heteroatoms. The Balaban J connectivity index is 2.24. The van der Waals surface area contributed by atoms with E-state index in [0.29, 0.717) is 18.3 Å². The van der Waals surface area contributed by atoms with Crippen LogP contribution in [0.25, 0.3) is 0 Å². The Bertz CT molecular complexity index is 316. The van der Waals surface area contributed by atoms with Gasteiger partial charge in [-0.25, -0.2) is 0 Å². The van der Waals surface area contributed by atoms with Gasteiger partial charge in [0, 0.05) is 12.3 Å². The van der Waals surface area contributed by atoms with E-state index in [-0.39, 0.29) is 11.8 Å². The van der Waals surface area contributed by atoms with Crippen LogP contribution in [0, 0.1) is 0 Å². The number of nitrogens with zero attached hydrogens (tertiary/aromatic N) is 2. The molecular formula is C8H11N3O2S. The maximum absolute atomic E-state index is 11.8. The number of carbonyl (C=O) groups is 2. The van der Waals surface area contributed by atoms with Gasteiger partial charge in [-0.1, -0.05) is 18.7 Å². The van der Waals surface area contributed by atoms with E-state index in [0.717, 1.165) is 5.75 Å². The molecule has 1 unspecified atom stereocenters. The number of hydrogen-bond donors (Lipinski definition) is 1. The number of carbonyl (C=O) groups excluding carboxylic acids is 2. The summed E-state index contributed by atoms with van der Waals surface area (Å²) in [4.78, 5) is 28.6. The summed E-state index contributed by atoms with van der Waals surface area (Å²) in [5, 5.41) is 3.40. The molecule has 14 heavy (non-hydrogen) atoms. The third-order valence-corrected chi connectivity index (χ3v) is 3.11. The summed E-state index contributed by atoms with van der Waals surface area (Å²) in [6.07, 6.45) is 0. The second kappa shape index (κ2) is 3.70. The summed E-state index contributed by atoms with van der Waals surface area (Å²) in [5.74, 6) is 0.306. The first-order valence-corrected chi connectivity index (χ1v) is 5.52. The molecule has 0 saturated carbocycles. The van der Waals surface area contributed by atoms with Crippen molar-refractivity contribution in [3.63, 3.8) is 0 Å². The molecular weight excluding hydrogens is 202 g/mol. The highest BCUT2D eigenvalue weighted by molar-refractivity contribution is 8.14. The van der Waals surface area contributed by atoms with Crippen LogP contribution in [-0.4, -0.2) is 46.8 Å². The van der Waals surface area contributed by atoms with Gasteiger partial charge in [0.1, 0.15) is 0 Å². The number of likely N-dealkylation sites (N-methyl/N-ethyl adjacent to an activating group) is 1. The smallest absolute Gasteiger partial charge is 0.274 e. The predicted octanol–water partition coefficient (Wildman–Crippen LogP) is -0.564. The van der Waals surface area contributed by atoms with E-state index in [1.54, 1.807) is 4.90 Å². The molecule has 0 aromatic rings. The van der Waals surface area contributed by atoms with E-state index in [1.807, 2.05) is 6.92 Å². The maximum Gasteiger partial charge on any atom is 0.274 e. The van der Waals surface area contributed by atoms with Gasteiger partial charge in [-0.2, -0.15) is 4.99 Å². The highest BCUT2D eigenvalue weighted by Crippen LogP contribution is 2.22. The lowest BCUT2D eigenvalue weighted by Gasteiger charge is -2.25. The molecule has 0 aliphatic carbocycles. The summed E-state index contributed by atoms with van der Waals surface area (Å²) in [6.45, 7) is 3.12. The summed E-state index contributed by atoms with van der Waals surface area (Å²) in [7, 11) is 0. The normalized spacial score (nSPS) is 26.5. The number of amidine groups is 1. The molecule has 5 nitrogen and oxygen atoms in total. The third kappa shape index (κ3) is 1.44. The Morgan fingerprint density at radius 2 is 2.43 bits per heavy atom. The van der Waals surface area contributed by atoms with Crippen LogP contribution in [0.1, 0.15) is 6.92 Å². The predicted molar refractivity (Wildman–Crippen MR) is 54.1 cm³/mol. The quantitative estimate of drug-likeness (QED) is 0.624. The molecule has 2 aliphatic heterocycles. The highest BCUT2D eigenvalue weighted by Gasteiger charge is 2.39. The number of hydrogen-bond acceptors (Lipinski definition) is 4. The first-order chi connectivity index (χ1) is 6.74. The van der Waals surface area contributed by atoms with E-state index in [1.165, 1.54) is 11.8 Å². The monoisotopic (exact) mass is 213 g/mol. The number of thioether (sulfide) groups is 1. The van der Waals surface area contributed by atoms with Gasteiger partial charge in [0.2, 0.25) is 0 Å². The van der Waals surface area contributed by atoms with Crippen molar-refractivity contribution < 1.29 is 9.59 Å². The van der Waals surface area contributed by atoms with Crippen LogP contribution >= 0.6 is 11.8 Å². The number of rotatable bonds is 2. The van der Waals surface area contributed by atoms with Gasteiger partial charge >= 0.3 is 0 Å². The van der Waals surface area contributed by atoms with Crippen LogP contribution in [-0.2, 0) is 9.59 Å². The number of nitrogens with one attached hydrogen (secondary N) is 1. The number of aliphatic imine (C=N–C) groups is 1. The zero-order valence-electron chi connectivity index (χ0n) is 7.82. The van der Waals surface area contributed by atoms with Crippen molar-refractivity contribution in [3.05, 3.63) is 0 Å². The fourth-order valence-corrected chi connectivity index (χ4v) is 2.45. The van der Waals surface area contributed by atoms with Crippen molar-refractivity contribution in [2.24, 2.45) is 4.99 Å². The largest absolute Gasteiger partial charge is 0.298 e. The van der Waals surface area contributed by atoms with Crippen LogP contribution < -0.4 is 5.32 Å². The zero-order valence-corrected chi connectivity index (χ0v) is 8.63. The fourth-order valence-electron chi connectivity index (χ4n) is 1.50. The molecule has 1 N–H and O–H groups in total. The van der Waals surface area contributed by atoms with E-state index in [4.69, 9.17) is 0 Å². The Morgan fingerprint density at radius 3 is 3.14 bits per heavy atom. The Morgan fingerprint density at radius 1 is 1.64 bits per heavy atom. The lowest BCUT2D eigenvalue weighted by molar-refractivity contribution is -0.136. The number of fused-ring (bicyclic) bond motifs is 1. The van der Waals surface area contributed by atoms with Crippen molar-refractivity contribution >= 4 is 28.7 Å². The maximum atomic E-state index is 11.8. The molecule has 2 rings (SSSR count). The van der Waals surface area contributed by atoms with Crippen LogP contribution in [0.3, 0.4) is 0 Å². The SMILES string of the molecule is CCNC1C(=O)N=C2SCCN2C1=O. The molecule has 0 aromatic carbocycles. The van der Waals surface area contributed by atoms with Crippen LogP contribution in [0.2, 0.25) is 0 Å². The van der Waals surface area contributed by atoms with Crippen LogP contribution in [0.15, 0.2) is 4.99 Å². The van der Waals surface area contributed by atoms with Crippen LogP contribution in [0.4, 0.5) is 0 Å². The highest BCUT2D eigenvalue weighted by atomic mass is 32.2. The Labute approximate surface area is 85.9 Å². The van der Waals surface area contributed by atoms with E-state index < -0.39 is 6.04 Å². The molecule has 1 saturated heterocycles. The summed E-state index contributed by atoms with van der Waals surface area (Å²) in [5.41, 5.74) is 0. The van der Waals surface area contributed by atoms with Gasteiger partial charge in [-0.05, 0) is 6.54 Å². The Kier molecular flexibility index (Phi) is 2.56. The van der Waals surface area contributed by atoms with Gasteiger partial charge in [0.05, 0.1) is 0 Å². The van der Waals surface area contributed by atoms with Gasteiger partial charge in [0.15, 0.2) is 11.2 Å². The molecule has 1 atom stereocenters. The van der Waals surface area contributed by atoms with E-state index in [2.05, 4.69) is 10.3 Å². The minimum atomic E-state index is -0.762. The molecule has 2 heterocycles. The molecule has 2 aliphatic rings. The third-order valence-electron chi connectivity index (χ3n) is 2.15. The topological polar surface area (TPSA) is 61.8 Å². The van der Waals surface area contributed by atoms with E-state index in [9.17, 15) is 9.59 Å².